The summed E-state index contributed by atoms with van der Waals surface area (Å²) in [6, 6.07) is 8.85. The molecule has 2 N–H and O–H groups in total. The number of hydrogen-bond acceptors (Lipinski definition) is 4. The molecule has 1 aromatic carbocycles. The Morgan fingerprint density at radius 3 is 2.47 bits per heavy atom. The molecule has 0 aliphatic carbocycles. The molecule has 2 aromatic rings. The summed E-state index contributed by atoms with van der Waals surface area (Å²) in [5.74, 6) is 0. The fourth-order valence-electron chi connectivity index (χ4n) is 1.18. The molecule has 0 bridgehead atoms. The molecule has 0 atom stereocenters. The van der Waals surface area contributed by atoms with Crippen LogP contribution in [0.15, 0.2) is 41.8 Å². The van der Waals surface area contributed by atoms with Crippen molar-refractivity contribution in [2.75, 3.05) is 0 Å². The van der Waals surface area contributed by atoms with Crippen LogP contribution in [0.1, 0.15) is 0 Å². The van der Waals surface area contributed by atoms with Gasteiger partial charge in [0.1, 0.15) is 6.33 Å². The van der Waals surface area contributed by atoms with E-state index in [1.807, 2.05) is 6.07 Å². The fraction of sp³-hybridized carbons (Fsp3) is 0. The van der Waals surface area contributed by atoms with Crippen molar-refractivity contribution in [3.05, 3.63) is 36.7 Å². The van der Waals surface area contributed by atoms with E-state index in [1.54, 1.807) is 24.3 Å². The lowest BCUT2D eigenvalue weighted by Gasteiger charge is -2.03. The van der Waals surface area contributed by atoms with Crippen molar-refractivity contribution < 1.29 is 8.42 Å². The smallest absolute Gasteiger partial charge is 0.271 e. The molecule has 0 spiro atoms. The van der Waals surface area contributed by atoms with Crippen LogP contribution in [-0.2, 0) is 10.0 Å². The lowest BCUT2D eigenvalue weighted by molar-refractivity contribution is 0.585. The van der Waals surface area contributed by atoms with E-state index in [-0.39, 0.29) is 5.16 Å². The predicted octanol–water partition coefficient (Wildman–Crippen LogP) is -0.0853. The Bertz CT molecular complexity index is 561. The molecule has 0 saturated carbocycles. The van der Waals surface area contributed by atoms with Crippen LogP contribution in [0, 0.1) is 0 Å². The second-order valence-corrected chi connectivity index (χ2v) is 4.32. The first kappa shape index (κ1) is 9.81. The van der Waals surface area contributed by atoms with Crippen molar-refractivity contribution >= 4 is 10.0 Å². The molecule has 78 valence electrons. The monoisotopic (exact) mass is 224 g/mol. The van der Waals surface area contributed by atoms with Crippen LogP contribution in [0.5, 0.6) is 0 Å². The molecule has 1 heterocycles. The van der Waals surface area contributed by atoms with Gasteiger partial charge >= 0.3 is 0 Å². The van der Waals surface area contributed by atoms with E-state index in [9.17, 15) is 8.42 Å². The minimum absolute atomic E-state index is 0.270. The molecule has 0 fully saturated rings. The molecule has 1 aromatic heterocycles. The number of nitrogens with two attached hydrogens (primary N) is 1. The van der Waals surface area contributed by atoms with Gasteiger partial charge in [0.25, 0.3) is 15.2 Å². The van der Waals surface area contributed by atoms with Crippen LogP contribution >= 0.6 is 0 Å². The minimum atomic E-state index is -3.85. The number of aromatic nitrogens is 3. The number of nitrogens with zero attached hydrogens (tertiary/aromatic N) is 3. The van der Waals surface area contributed by atoms with Gasteiger partial charge in [-0.3, -0.25) is 4.57 Å². The van der Waals surface area contributed by atoms with Gasteiger partial charge in [0.15, 0.2) is 0 Å². The van der Waals surface area contributed by atoms with Crippen LogP contribution in [0.4, 0.5) is 0 Å². The summed E-state index contributed by atoms with van der Waals surface area (Å²) in [5.41, 5.74) is 0.645. The maximum Gasteiger partial charge on any atom is 0.274 e. The van der Waals surface area contributed by atoms with E-state index in [0.717, 1.165) is 0 Å². The predicted molar refractivity (Wildman–Crippen MR) is 52.7 cm³/mol. The normalized spacial score (nSPS) is 11.5. The summed E-state index contributed by atoms with van der Waals surface area (Å²) >= 11 is 0. The molecule has 0 saturated heterocycles. The first-order valence-electron chi connectivity index (χ1n) is 4.07. The number of sulfonamides is 1. The fourth-order valence-corrected chi connectivity index (χ4v) is 1.77. The SMILES string of the molecule is NS(=O)(=O)c1nncn1-c1ccccc1. The van der Waals surface area contributed by atoms with Gasteiger partial charge in [0, 0.05) is 5.69 Å². The zero-order valence-electron chi connectivity index (χ0n) is 7.61. The second kappa shape index (κ2) is 3.44. The maximum absolute atomic E-state index is 11.1. The number of benzene rings is 1. The molecule has 0 amide bonds. The van der Waals surface area contributed by atoms with E-state index >= 15 is 0 Å². The van der Waals surface area contributed by atoms with E-state index in [1.165, 1.54) is 10.9 Å². The number of rotatable bonds is 2. The third-order valence-electron chi connectivity index (χ3n) is 1.81. The summed E-state index contributed by atoms with van der Waals surface area (Å²) in [6.07, 6.45) is 1.30. The number of para-hydroxylation sites is 1. The highest BCUT2D eigenvalue weighted by molar-refractivity contribution is 7.89. The highest BCUT2D eigenvalue weighted by Crippen LogP contribution is 2.11. The Labute approximate surface area is 86.4 Å². The number of hydrogen-bond donors (Lipinski definition) is 1. The van der Waals surface area contributed by atoms with Crippen molar-refractivity contribution in [3.63, 3.8) is 0 Å². The Morgan fingerprint density at radius 2 is 1.87 bits per heavy atom. The Balaban J connectivity index is 2.61. The van der Waals surface area contributed by atoms with E-state index in [4.69, 9.17) is 5.14 Å². The zero-order valence-corrected chi connectivity index (χ0v) is 8.42. The molecule has 0 aliphatic rings. The van der Waals surface area contributed by atoms with Crippen LogP contribution in [0.3, 0.4) is 0 Å². The largest absolute Gasteiger partial charge is 0.274 e. The molecule has 2 rings (SSSR count). The van der Waals surface area contributed by atoms with Crippen molar-refractivity contribution in [1.82, 2.24) is 14.8 Å². The van der Waals surface area contributed by atoms with Gasteiger partial charge in [0.05, 0.1) is 0 Å². The van der Waals surface area contributed by atoms with Gasteiger partial charge in [0.2, 0.25) is 0 Å². The standard InChI is InChI=1S/C8H8N4O2S/c9-15(13,14)8-11-10-6-12(8)7-4-2-1-3-5-7/h1-6H,(H2,9,13,14). The van der Waals surface area contributed by atoms with Crippen LogP contribution in [0.25, 0.3) is 5.69 Å². The second-order valence-electron chi connectivity index (χ2n) is 2.86. The Kier molecular flexibility index (Phi) is 2.25. The Morgan fingerprint density at radius 1 is 1.20 bits per heavy atom. The lowest BCUT2D eigenvalue weighted by atomic mass is 10.3. The van der Waals surface area contributed by atoms with Crippen molar-refractivity contribution in [1.29, 1.82) is 0 Å². The van der Waals surface area contributed by atoms with Gasteiger partial charge in [-0.15, -0.1) is 10.2 Å². The van der Waals surface area contributed by atoms with Crippen molar-refractivity contribution in [3.8, 4) is 5.69 Å². The number of primary sulfonamides is 1. The van der Waals surface area contributed by atoms with Crippen LogP contribution < -0.4 is 5.14 Å². The van der Waals surface area contributed by atoms with E-state index in [2.05, 4.69) is 10.2 Å². The third-order valence-corrected chi connectivity index (χ3v) is 2.59. The van der Waals surface area contributed by atoms with Gasteiger partial charge < -0.3 is 0 Å². The highest BCUT2D eigenvalue weighted by atomic mass is 32.2. The van der Waals surface area contributed by atoms with E-state index < -0.39 is 10.0 Å². The minimum Gasteiger partial charge on any atom is -0.271 e. The molecule has 15 heavy (non-hydrogen) atoms. The Hall–Kier alpha value is -1.73. The van der Waals surface area contributed by atoms with Gasteiger partial charge in [-0.25, -0.2) is 13.6 Å². The average Bonchev–Trinajstić information content (AvgIpc) is 2.67. The summed E-state index contributed by atoms with van der Waals surface area (Å²) in [7, 11) is -3.85. The van der Waals surface area contributed by atoms with E-state index in [0.29, 0.717) is 5.69 Å². The molecule has 0 unspecified atom stereocenters. The summed E-state index contributed by atoms with van der Waals surface area (Å²) in [5, 5.41) is 11.7. The van der Waals surface area contributed by atoms with Gasteiger partial charge in [-0.05, 0) is 12.1 Å². The highest BCUT2D eigenvalue weighted by Gasteiger charge is 2.17. The summed E-state index contributed by atoms with van der Waals surface area (Å²) in [6.45, 7) is 0. The van der Waals surface area contributed by atoms with Crippen molar-refractivity contribution in [2.24, 2.45) is 5.14 Å². The quantitative estimate of drug-likeness (QED) is 0.772. The topological polar surface area (TPSA) is 90.9 Å². The summed E-state index contributed by atoms with van der Waals surface area (Å²) < 4.78 is 23.6. The first-order chi connectivity index (χ1) is 7.09. The van der Waals surface area contributed by atoms with Crippen LogP contribution in [-0.4, -0.2) is 23.2 Å². The summed E-state index contributed by atoms with van der Waals surface area (Å²) in [4.78, 5) is 0. The van der Waals surface area contributed by atoms with Crippen LogP contribution in [0.2, 0.25) is 0 Å². The lowest BCUT2D eigenvalue weighted by Crippen LogP contribution is -2.17. The molecule has 0 radical (unpaired) electrons. The van der Waals surface area contributed by atoms with Gasteiger partial charge in [-0.2, -0.15) is 0 Å². The molecular weight excluding hydrogens is 216 g/mol. The van der Waals surface area contributed by atoms with Crippen molar-refractivity contribution in [2.45, 2.75) is 5.16 Å². The maximum atomic E-state index is 11.1. The molecule has 0 aliphatic heterocycles. The molecule has 7 heteroatoms. The third kappa shape index (κ3) is 1.88. The average molecular weight is 224 g/mol. The molecular formula is C8H8N4O2S. The first-order valence-corrected chi connectivity index (χ1v) is 5.62. The molecule has 6 nitrogen and oxygen atoms in total. The van der Waals surface area contributed by atoms with Gasteiger partial charge in [-0.1, -0.05) is 18.2 Å². The zero-order chi connectivity index (χ0) is 10.9.